The zero-order valence-electron chi connectivity index (χ0n) is 9.60. The minimum absolute atomic E-state index is 0.197. The van der Waals surface area contributed by atoms with Crippen molar-refractivity contribution in [1.82, 2.24) is 10.1 Å². The van der Waals surface area contributed by atoms with Crippen LogP contribution in [0.4, 0.5) is 10.1 Å². The summed E-state index contributed by atoms with van der Waals surface area (Å²) in [6.07, 6.45) is 2.20. The summed E-state index contributed by atoms with van der Waals surface area (Å²) in [6, 6.07) is 4.32. The van der Waals surface area contributed by atoms with E-state index in [1.807, 2.05) is 11.8 Å². The molecule has 6 heteroatoms. The Morgan fingerprint density at radius 3 is 3.11 bits per heavy atom. The molecule has 0 amide bonds. The van der Waals surface area contributed by atoms with Crippen LogP contribution in [0.25, 0.3) is 11.5 Å². The van der Waals surface area contributed by atoms with Gasteiger partial charge in [-0.1, -0.05) is 5.16 Å². The van der Waals surface area contributed by atoms with E-state index >= 15 is 0 Å². The van der Waals surface area contributed by atoms with Crippen molar-refractivity contribution < 1.29 is 8.91 Å². The summed E-state index contributed by atoms with van der Waals surface area (Å²) in [5.41, 5.74) is 6.37. The summed E-state index contributed by atoms with van der Waals surface area (Å²) in [7, 11) is 0. The number of benzene rings is 1. The van der Waals surface area contributed by atoms with E-state index in [1.54, 1.807) is 0 Å². The van der Waals surface area contributed by atoms with Gasteiger partial charge in [-0.15, -0.1) is 0 Å². The first kappa shape index (κ1) is 11.5. The minimum atomic E-state index is -0.404. The molecule has 1 saturated heterocycles. The van der Waals surface area contributed by atoms with Gasteiger partial charge in [-0.3, -0.25) is 0 Å². The first-order valence-corrected chi connectivity index (χ1v) is 6.79. The van der Waals surface area contributed by atoms with Crippen molar-refractivity contribution in [3.63, 3.8) is 0 Å². The molecular formula is C12H12FN3OS. The summed E-state index contributed by atoms with van der Waals surface area (Å²) in [6.45, 7) is 0. The van der Waals surface area contributed by atoms with E-state index in [0.29, 0.717) is 11.5 Å². The van der Waals surface area contributed by atoms with Gasteiger partial charge in [0.1, 0.15) is 5.82 Å². The van der Waals surface area contributed by atoms with Gasteiger partial charge in [0, 0.05) is 5.69 Å². The zero-order chi connectivity index (χ0) is 12.5. The molecule has 2 N–H and O–H groups in total. The van der Waals surface area contributed by atoms with Crippen LogP contribution in [0.2, 0.25) is 0 Å². The first-order valence-electron chi connectivity index (χ1n) is 5.74. The van der Waals surface area contributed by atoms with E-state index in [0.717, 1.165) is 18.6 Å². The molecule has 1 unspecified atom stereocenters. The Balaban J connectivity index is 1.94. The lowest BCUT2D eigenvalue weighted by molar-refractivity contribution is 0.419. The molecule has 1 aromatic carbocycles. The predicted molar refractivity (Wildman–Crippen MR) is 68.5 cm³/mol. The number of aromatic nitrogens is 2. The largest absolute Gasteiger partial charge is 0.399 e. The smallest absolute Gasteiger partial charge is 0.261 e. The molecule has 94 valence electrons. The number of rotatable bonds is 2. The van der Waals surface area contributed by atoms with Gasteiger partial charge in [-0.2, -0.15) is 16.7 Å². The number of nitrogens with zero attached hydrogens (tertiary/aromatic N) is 2. The standard InChI is InChI=1S/C12H12FN3OS/c13-9-4-3-7(14)6-8(9)12-15-11(16-17-12)10-2-1-5-18-10/h3-4,6,10H,1-2,5,14H2. The Morgan fingerprint density at radius 1 is 1.44 bits per heavy atom. The van der Waals surface area contributed by atoms with Gasteiger partial charge in [-0.05, 0) is 36.8 Å². The van der Waals surface area contributed by atoms with Gasteiger partial charge in [0.25, 0.3) is 5.89 Å². The second kappa shape index (κ2) is 4.61. The number of nitrogens with two attached hydrogens (primary N) is 1. The zero-order valence-corrected chi connectivity index (χ0v) is 10.4. The maximum Gasteiger partial charge on any atom is 0.261 e. The Labute approximate surface area is 108 Å². The lowest BCUT2D eigenvalue weighted by Crippen LogP contribution is -1.92. The monoisotopic (exact) mass is 265 g/mol. The van der Waals surface area contributed by atoms with Crippen molar-refractivity contribution in [3.8, 4) is 11.5 Å². The SMILES string of the molecule is Nc1ccc(F)c(-c2nc(C3CCCS3)no2)c1. The number of halogens is 1. The fourth-order valence-corrected chi connectivity index (χ4v) is 3.16. The Bertz CT molecular complexity index is 566. The van der Waals surface area contributed by atoms with Crippen LogP contribution in [0.5, 0.6) is 0 Å². The molecule has 1 atom stereocenters. The van der Waals surface area contributed by atoms with Gasteiger partial charge in [0.2, 0.25) is 0 Å². The maximum atomic E-state index is 13.7. The summed E-state index contributed by atoms with van der Waals surface area (Å²) < 4.78 is 18.8. The molecule has 1 aliphatic heterocycles. The van der Waals surface area contributed by atoms with E-state index in [-0.39, 0.29) is 16.7 Å². The maximum absolute atomic E-state index is 13.7. The van der Waals surface area contributed by atoms with Crippen molar-refractivity contribution in [3.05, 3.63) is 29.8 Å². The van der Waals surface area contributed by atoms with Gasteiger partial charge in [0.05, 0.1) is 10.8 Å². The molecular weight excluding hydrogens is 253 g/mol. The first-order chi connectivity index (χ1) is 8.74. The van der Waals surface area contributed by atoms with Crippen molar-refractivity contribution in [2.75, 3.05) is 11.5 Å². The van der Waals surface area contributed by atoms with Crippen LogP contribution in [-0.4, -0.2) is 15.9 Å². The van der Waals surface area contributed by atoms with Crippen LogP contribution in [0.1, 0.15) is 23.9 Å². The summed E-state index contributed by atoms with van der Waals surface area (Å²) in [5.74, 6) is 1.55. The predicted octanol–water partition coefficient (Wildman–Crippen LogP) is 3.03. The minimum Gasteiger partial charge on any atom is -0.399 e. The molecule has 1 fully saturated rings. The second-order valence-corrected chi connectivity index (χ2v) is 5.51. The molecule has 2 heterocycles. The van der Waals surface area contributed by atoms with Gasteiger partial charge in [-0.25, -0.2) is 4.39 Å². The van der Waals surface area contributed by atoms with Crippen LogP contribution in [0.3, 0.4) is 0 Å². The highest BCUT2D eigenvalue weighted by Gasteiger charge is 2.24. The van der Waals surface area contributed by atoms with Gasteiger partial charge < -0.3 is 10.3 Å². The fourth-order valence-electron chi connectivity index (χ4n) is 1.96. The quantitative estimate of drug-likeness (QED) is 0.845. The molecule has 4 nitrogen and oxygen atoms in total. The third-order valence-corrected chi connectivity index (χ3v) is 4.25. The molecule has 18 heavy (non-hydrogen) atoms. The lowest BCUT2D eigenvalue weighted by Gasteiger charge is -2.00. The van der Waals surface area contributed by atoms with Crippen molar-refractivity contribution >= 4 is 17.4 Å². The second-order valence-electron chi connectivity index (χ2n) is 4.20. The highest BCUT2D eigenvalue weighted by Crippen LogP contribution is 2.39. The van der Waals surface area contributed by atoms with Gasteiger partial charge in [0.15, 0.2) is 5.82 Å². The third kappa shape index (κ3) is 2.08. The molecule has 0 saturated carbocycles. The average molecular weight is 265 g/mol. The summed E-state index contributed by atoms with van der Waals surface area (Å²) in [4.78, 5) is 4.27. The van der Waals surface area contributed by atoms with Crippen LogP contribution in [0, 0.1) is 5.82 Å². The van der Waals surface area contributed by atoms with Crippen LogP contribution >= 0.6 is 11.8 Å². The molecule has 0 spiro atoms. The fraction of sp³-hybridized carbons (Fsp3) is 0.333. The third-order valence-electron chi connectivity index (χ3n) is 2.88. The van der Waals surface area contributed by atoms with Gasteiger partial charge >= 0.3 is 0 Å². The summed E-state index contributed by atoms with van der Waals surface area (Å²) >= 11 is 1.81. The van der Waals surface area contributed by atoms with Crippen LogP contribution < -0.4 is 5.73 Å². The number of hydrogen-bond acceptors (Lipinski definition) is 5. The lowest BCUT2D eigenvalue weighted by atomic mass is 10.2. The highest BCUT2D eigenvalue weighted by molar-refractivity contribution is 7.99. The molecule has 0 bridgehead atoms. The van der Waals surface area contributed by atoms with E-state index < -0.39 is 5.82 Å². The van der Waals surface area contributed by atoms with E-state index in [4.69, 9.17) is 10.3 Å². The van der Waals surface area contributed by atoms with E-state index in [2.05, 4.69) is 10.1 Å². The van der Waals surface area contributed by atoms with E-state index in [1.165, 1.54) is 18.2 Å². The number of nitrogen functional groups attached to an aromatic ring is 1. The summed E-state index contributed by atoms with van der Waals surface area (Å²) in [5, 5.41) is 4.20. The molecule has 0 radical (unpaired) electrons. The van der Waals surface area contributed by atoms with Crippen molar-refractivity contribution in [2.45, 2.75) is 18.1 Å². The molecule has 2 aromatic rings. The van der Waals surface area contributed by atoms with Crippen molar-refractivity contribution in [1.29, 1.82) is 0 Å². The number of anilines is 1. The van der Waals surface area contributed by atoms with E-state index in [9.17, 15) is 4.39 Å². The van der Waals surface area contributed by atoms with Crippen LogP contribution in [0.15, 0.2) is 22.7 Å². The molecule has 0 aliphatic carbocycles. The topological polar surface area (TPSA) is 64.9 Å². The highest BCUT2D eigenvalue weighted by atomic mass is 32.2. The number of thioether (sulfide) groups is 1. The van der Waals surface area contributed by atoms with Crippen molar-refractivity contribution in [2.24, 2.45) is 0 Å². The number of hydrogen-bond donors (Lipinski definition) is 1. The molecule has 3 rings (SSSR count). The Kier molecular flexibility index (Phi) is 2.95. The van der Waals surface area contributed by atoms with Crippen LogP contribution in [-0.2, 0) is 0 Å². The normalized spacial score (nSPS) is 19.3. The Hall–Kier alpha value is -1.56. The molecule has 1 aromatic heterocycles. The average Bonchev–Trinajstić information content (AvgIpc) is 3.00. The molecule has 1 aliphatic rings. The Morgan fingerprint density at radius 2 is 2.33 bits per heavy atom.